The summed E-state index contributed by atoms with van der Waals surface area (Å²) in [6.45, 7) is 7.77. The number of alkyl halides is 3. The third kappa shape index (κ3) is 8.65. The molecule has 6 nitrogen and oxygen atoms in total. The van der Waals surface area contributed by atoms with Crippen LogP contribution in [0.1, 0.15) is 23.6 Å². The van der Waals surface area contributed by atoms with Crippen LogP contribution in [-0.2, 0) is 19.1 Å². The largest absolute Gasteiger partial charge is 0.416 e. The Morgan fingerprint density at radius 3 is 2.36 bits per heavy atom. The number of guanidine groups is 1. The number of piperazine rings is 1. The van der Waals surface area contributed by atoms with Gasteiger partial charge in [0.1, 0.15) is 5.82 Å². The number of rotatable bonds is 7. The van der Waals surface area contributed by atoms with E-state index in [1.165, 1.54) is 12.1 Å². The standard InChI is InChI=1S/C23H31F3N6.HI/c1-3-27-22(29-11-8-18-4-6-20(7-5-18)23(24,25)26)30-17-19-9-10-28-21(16-19)32-14-12-31(2)13-15-32;/h4-7,9-10,16H,3,8,11-15,17H2,1-2H3,(H2,27,29,30);1H. The second-order valence-corrected chi connectivity index (χ2v) is 7.88. The van der Waals surface area contributed by atoms with Crippen molar-refractivity contribution >= 4 is 35.8 Å². The lowest BCUT2D eigenvalue weighted by atomic mass is 10.1. The molecule has 0 aliphatic carbocycles. The Labute approximate surface area is 210 Å². The minimum Gasteiger partial charge on any atom is -0.357 e. The number of benzene rings is 1. The number of aromatic nitrogens is 1. The molecule has 1 aromatic heterocycles. The van der Waals surface area contributed by atoms with Gasteiger partial charge in [0.05, 0.1) is 12.1 Å². The molecule has 0 atom stereocenters. The third-order valence-electron chi connectivity index (χ3n) is 5.39. The molecular weight excluding hydrogens is 544 g/mol. The van der Waals surface area contributed by atoms with Crippen LogP contribution in [0.15, 0.2) is 47.6 Å². The van der Waals surface area contributed by atoms with Gasteiger partial charge < -0.3 is 20.4 Å². The molecule has 2 heterocycles. The van der Waals surface area contributed by atoms with Crippen molar-refractivity contribution in [2.24, 2.45) is 4.99 Å². The zero-order chi connectivity index (χ0) is 23.0. The molecule has 2 aromatic rings. The molecule has 0 bridgehead atoms. The predicted molar refractivity (Wildman–Crippen MR) is 137 cm³/mol. The van der Waals surface area contributed by atoms with E-state index in [1.54, 1.807) is 0 Å². The van der Waals surface area contributed by atoms with Gasteiger partial charge in [-0.15, -0.1) is 24.0 Å². The molecule has 1 aromatic carbocycles. The monoisotopic (exact) mass is 576 g/mol. The number of nitrogens with zero attached hydrogens (tertiary/aromatic N) is 4. The van der Waals surface area contributed by atoms with E-state index in [2.05, 4.69) is 43.5 Å². The fraction of sp³-hybridized carbons (Fsp3) is 0.478. The number of halogens is 4. The highest BCUT2D eigenvalue weighted by Gasteiger charge is 2.29. The van der Waals surface area contributed by atoms with Gasteiger partial charge in [0.2, 0.25) is 0 Å². The van der Waals surface area contributed by atoms with Gasteiger partial charge in [-0.1, -0.05) is 12.1 Å². The zero-order valence-electron chi connectivity index (χ0n) is 19.0. The van der Waals surface area contributed by atoms with Gasteiger partial charge in [-0.3, -0.25) is 0 Å². The summed E-state index contributed by atoms with van der Waals surface area (Å²) < 4.78 is 38.1. The molecule has 1 fully saturated rings. The first-order valence-corrected chi connectivity index (χ1v) is 10.9. The number of pyridine rings is 1. The molecule has 0 saturated carbocycles. The number of nitrogens with one attached hydrogen (secondary N) is 2. The van der Waals surface area contributed by atoms with Crippen LogP contribution < -0.4 is 15.5 Å². The molecule has 10 heteroatoms. The summed E-state index contributed by atoms with van der Waals surface area (Å²) in [7, 11) is 2.13. The van der Waals surface area contributed by atoms with Crippen LogP contribution in [0.3, 0.4) is 0 Å². The van der Waals surface area contributed by atoms with Crippen molar-refractivity contribution in [1.29, 1.82) is 0 Å². The van der Waals surface area contributed by atoms with E-state index in [0.717, 1.165) is 61.8 Å². The molecule has 0 spiro atoms. The zero-order valence-corrected chi connectivity index (χ0v) is 21.4. The average molecular weight is 576 g/mol. The topological polar surface area (TPSA) is 55.8 Å². The van der Waals surface area contributed by atoms with Gasteiger partial charge in [0.15, 0.2) is 5.96 Å². The Morgan fingerprint density at radius 1 is 1.03 bits per heavy atom. The first kappa shape index (κ1) is 27.2. The van der Waals surface area contributed by atoms with Gasteiger partial charge in [0.25, 0.3) is 0 Å². The quantitative estimate of drug-likeness (QED) is 0.299. The maximum absolute atomic E-state index is 12.7. The van der Waals surface area contributed by atoms with Crippen molar-refractivity contribution in [3.8, 4) is 0 Å². The van der Waals surface area contributed by atoms with E-state index in [9.17, 15) is 13.2 Å². The van der Waals surface area contributed by atoms with Crippen molar-refractivity contribution in [3.63, 3.8) is 0 Å². The van der Waals surface area contributed by atoms with Gasteiger partial charge in [-0.2, -0.15) is 13.2 Å². The predicted octanol–water partition coefficient (Wildman–Crippen LogP) is 3.77. The molecule has 33 heavy (non-hydrogen) atoms. The molecule has 0 amide bonds. The van der Waals surface area contributed by atoms with Crippen molar-refractivity contribution < 1.29 is 13.2 Å². The van der Waals surface area contributed by atoms with E-state index in [1.807, 2.05) is 19.2 Å². The summed E-state index contributed by atoms with van der Waals surface area (Å²) in [5.74, 6) is 1.66. The van der Waals surface area contributed by atoms with Gasteiger partial charge >= 0.3 is 6.18 Å². The number of anilines is 1. The Balaban J connectivity index is 0.00000385. The maximum Gasteiger partial charge on any atom is 0.416 e. The van der Waals surface area contributed by atoms with Crippen LogP contribution in [0.4, 0.5) is 19.0 Å². The van der Waals surface area contributed by atoms with E-state index >= 15 is 0 Å². The lowest BCUT2D eigenvalue weighted by molar-refractivity contribution is -0.137. The van der Waals surface area contributed by atoms with E-state index < -0.39 is 11.7 Å². The van der Waals surface area contributed by atoms with Gasteiger partial charge in [-0.05, 0) is 55.8 Å². The molecule has 1 aliphatic rings. The number of hydrogen-bond acceptors (Lipinski definition) is 4. The SMILES string of the molecule is CCNC(=NCc1ccnc(N2CCN(C)CC2)c1)NCCc1ccc(C(F)(F)F)cc1.I. The van der Waals surface area contributed by atoms with Crippen molar-refractivity contribution in [2.45, 2.75) is 26.1 Å². The molecule has 1 saturated heterocycles. The highest BCUT2D eigenvalue weighted by atomic mass is 127. The first-order chi connectivity index (χ1) is 15.3. The van der Waals surface area contributed by atoms with Gasteiger partial charge in [-0.25, -0.2) is 9.98 Å². The summed E-state index contributed by atoms with van der Waals surface area (Å²) in [6.07, 6.45) is -1.88. The third-order valence-corrected chi connectivity index (χ3v) is 5.39. The Bertz CT molecular complexity index is 881. The first-order valence-electron chi connectivity index (χ1n) is 10.9. The lowest BCUT2D eigenvalue weighted by Crippen LogP contribution is -2.44. The van der Waals surface area contributed by atoms with Crippen LogP contribution in [0.2, 0.25) is 0 Å². The minimum absolute atomic E-state index is 0. The molecule has 0 unspecified atom stereocenters. The Morgan fingerprint density at radius 2 is 1.73 bits per heavy atom. The molecule has 0 radical (unpaired) electrons. The number of likely N-dealkylation sites (N-methyl/N-ethyl adjacent to an activating group) is 1. The Kier molecular flexibility index (Phi) is 10.7. The Hall–Kier alpha value is -2.08. The highest BCUT2D eigenvalue weighted by molar-refractivity contribution is 14.0. The van der Waals surface area contributed by atoms with Gasteiger partial charge in [0, 0.05) is 45.5 Å². The summed E-state index contributed by atoms with van der Waals surface area (Å²) >= 11 is 0. The van der Waals surface area contributed by atoms with Crippen LogP contribution in [0, 0.1) is 0 Å². The highest BCUT2D eigenvalue weighted by Crippen LogP contribution is 2.29. The van der Waals surface area contributed by atoms with Crippen LogP contribution in [0.5, 0.6) is 0 Å². The van der Waals surface area contributed by atoms with Crippen molar-refractivity contribution in [1.82, 2.24) is 20.5 Å². The van der Waals surface area contributed by atoms with E-state index in [-0.39, 0.29) is 24.0 Å². The smallest absolute Gasteiger partial charge is 0.357 e. The summed E-state index contributed by atoms with van der Waals surface area (Å²) in [6, 6.07) is 9.33. The second-order valence-electron chi connectivity index (χ2n) is 7.88. The second kappa shape index (κ2) is 13.0. The minimum atomic E-state index is -4.31. The van der Waals surface area contributed by atoms with E-state index in [0.29, 0.717) is 25.5 Å². The number of hydrogen-bond donors (Lipinski definition) is 2. The van der Waals surface area contributed by atoms with Crippen molar-refractivity contribution in [3.05, 3.63) is 59.3 Å². The van der Waals surface area contributed by atoms with Crippen LogP contribution in [0.25, 0.3) is 0 Å². The summed E-state index contributed by atoms with van der Waals surface area (Å²) in [4.78, 5) is 13.8. The normalized spacial score (nSPS) is 15.2. The summed E-state index contributed by atoms with van der Waals surface area (Å²) in [5, 5.41) is 6.46. The molecule has 1 aliphatic heterocycles. The van der Waals surface area contributed by atoms with Crippen LogP contribution >= 0.6 is 24.0 Å². The maximum atomic E-state index is 12.7. The van der Waals surface area contributed by atoms with E-state index in [4.69, 9.17) is 0 Å². The lowest BCUT2D eigenvalue weighted by Gasteiger charge is -2.33. The number of aliphatic imine (C=N–C) groups is 1. The van der Waals surface area contributed by atoms with Crippen LogP contribution in [-0.4, -0.2) is 62.2 Å². The molecular formula is C23H32F3IN6. The molecule has 3 rings (SSSR count). The fourth-order valence-corrected chi connectivity index (χ4v) is 3.47. The molecule has 2 N–H and O–H groups in total. The molecule has 182 valence electrons. The summed E-state index contributed by atoms with van der Waals surface area (Å²) in [5.41, 5.74) is 1.29. The van der Waals surface area contributed by atoms with Crippen molar-refractivity contribution in [2.75, 3.05) is 51.2 Å². The average Bonchev–Trinajstić information content (AvgIpc) is 2.78. The fourth-order valence-electron chi connectivity index (χ4n) is 3.47.